The SMILES string of the molecule is CC1CC(O)C(NC2C(O)C(O)C(O)C(CO)C2O)C(CO)O1. The summed E-state index contributed by atoms with van der Waals surface area (Å²) in [7, 11) is 0. The summed E-state index contributed by atoms with van der Waals surface area (Å²) >= 11 is 0. The van der Waals surface area contributed by atoms with Gasteiger partial charge in [-0.3, -0.25) is 0 Å². The molecule has 9 heteroatoms. The molecule has 0 aromatic carbocycles. The average Bonchev–Trinajstić information content (AvgIpc) is 2.51. The fourth-order valence-corrected chi connectivity index (χ4v) is 3.52. The Bertz CT molecular complexity index is 386. The molecule has 2 rings (SSSR count). The lowest BCUT2D eigenvalue weighted by Gasteiger charge is -2.47. The van der Waals surface area contributed by atoms with E-state index in [0.717, 1.165) is 0 Å². The second kappa shape index (κ2) is 7.68. The van der Waals surface area contributed by atoms with E-state index in [4.69, 9.17) is 4.74 Å². The van der Waals surface area contributed by atoms with Gasteiger partial charge in [0.1, 0.15) is 12.2 Å². The van der Waals surface area contributed by atoms with Crippen molar-refractivity contribution in [2.24, 2.45) is 5.92 Å². The molecule has 1 aliphatic carbocycles. The van der Waals surface area contributed by atoms with Gasteiger partial charge < -0.3 is 45.8 Å². The minimum absolute atomic E-state index is 0.251. The van der Waals surface area contributed by atoms with Gasteiger partial charge in [-0.1, -0.05) is 0 Å². The minimum atomic E-state index is -1.55. The van der Waals surface area contributed by atoms with Crippen molar-refractivity contribution in [3.05, 3.63) is 0 Å². The van der Waals surface area contributed by atoms with Crippen LogP contribution < -0.4 is 5.32 Å². The van der Waals surface area contributed by atoms with Gasteiger partial charge in [0, 0.05) is 12.3 Å². The van der Waals surface area contributed by atoms with Gasteiger partial charge in [0.15, 0.2) is 0 Å². The summed E-state index contributed by atoms with van der Waals surface area (Å²) in [4.78, 5) is 0. The van der Waals surface area contributed by atoms with E-state index in [9.17, 15) is 35.7 Å². The average molecular weight is 337 g/mol. The summed E-state index contributed by atoms with van der Waals surface area (Å²) in [6, 6.07) is -1.87. The van der Waals surface area contributed by atoms with Gasteiger partial charge in [-0.15, -0.1) is 0 Å². The van der Waals surface area contributed by atoms with Gasteiger partial charge in [-0.2, -0.15) is 0 Å². The van der Waals surface area contributed by atoms with Gasteiger partial charge >= 0.3 is 0 Å². The van der Waals surface area contributed by atoms with E-state index >= 15 is 0 Å². The summed E-state index contributed by atoms with van der Waals surface area (Å²) in [6.07, 6.45) is -7.45. The lowest BCUT2D eigenvalue weighted by Crippen LogP contribution is -2.70. The number of hydrogen-bond acceptors (Lipinski definition) is 9. The number of rotatable bonds is 4. The van der Waals surface area contributed by atoms with Gasteiger partial charge in [0.2, 0.25) is 0 Å². The van der Waals surface area contributed by atoms with Crippen LogP contribution in [0.2, 0.25) is 0 Å². The first-order valence-electron chi connectivity index (χ1n) is 7.85. The number of aliphatic hydroxyl groups is 7. The van der Waals surface area contributed by atoms with Crippen molar-refractivity contribution in [1.82, 2.24) is 5.32 Å². The molecule has 1 saturated heterocycles. The predicted octanol–water partition coefficient (Wildman–Crippen LogP) is -4.09. The van der Waals surface area contributed by atoms with Crippen molar-refractivity contribution in [1.29, 1.82) is 0 Å². The summed E-state index contributed by atoms with van der Waals surface area (Å²) < 4.78 is 5.53. The minimum Gasteiger partial charge on any atom is -0.396 e. The van der Waals surface area contributed by atoms with E-state index in [2.05, 4.69) is 5.32 Å². The number of aliphatic hydroxyl groups excluding tert-OH is 7. The Hall–Kier alpha value is -0.360. The molecule has 0 aromatic heterocycles. The normalized spacial score (nSPS) is 51.7. The van der Waals surface area contributed by atoms with Crippen LogP contribution in [0.3, 0.4) is 0 Å². The first-order valence-corrected chi connectivity index (χ1v) is 7.85. The van der Waals surface area contributed by atoms with Crippen LogP contribution in [0.25, 0.3) is 0 Å². The lowest BCUT2D eigenvalue weighted by molar-refractivity contribution is -0.185. The summed E-state index contributed by atoms with van der Waals surface area (Å²) in [6.45, 7) is 0.815. The van der Waals surface area contributed by atoms with E-state index in [0.29, 0.717) is 6.42 Å². The number of hydrogen-bond donors (Lipinski definition) is 8. The molecule has 23 heavy (non-hydrogen) atoms. The monoisotopic (exact) mass is 337 g/mol. The molecule has 9 nitrogen and oxygen atoms in total. The van der Waals surface area contributed by atoms with Gasteiger partial charge in [-0.25, -0.2) is 0 Å². The van der Waals surface area contributed by atoms with E-state index < -0.39 is 61.2 Å². The Morgan fingerprint density at radius 2 is 1.52 bits per heavy atom. The third-order valence-corrected chi connectivity index (χ3v) is 4.88. The second-order valence-corrected chi connectivity index (χ2v) is 6.50. The Kier molecular flexibility index (Phi) is 6.34. The summed E-state index contributed by atoms with van der Waals surface area (Å²) in [5, 5.41) is 71.8. The number of nitrogens with one attached hydrogen (secondary N) is 1. The standard InChI is InChI=1S/C14H27NO8/c1-5-2-7(18)9(8(4-17)23-5)15-10-11(19)6(3-16)12(20)14(22)13(10)21/h5-22H,2-4H2,1H3. The molecule has 2 fully saturated rings. The zero-order chi connectivity index (χ0) is 17.3. The topological polar surface area (TPSA) is 163 Å². The molecule has 1 aliphatic heterocycles. The second-order valence-electron chi connectivity index (χ2n) is 6.50. The molecule has 1 heterocycles. The molecule has 0 spiro atoms. The smallest absolute Gasteiger partial charge is 0.108 e. The Balaban J connectivity index is 2.15. The molecule has 10 atom stereocenters. The predicted molar refractivity (Wildman–Crippen MR) is 77.4 cm³/mol. The highest BCUT2D eigenvalue weighted by atomic mass is 16.5. The molecule has 0 bridgehead atoms. The summed E-state index contributed by atoms with van der Waals surface area (Å²) in [5.41, 5.74) is 0. The molecule has 0 radical (unpaired) electrons. The Labute approximate surface area is 134 Å². The maximum absolute atomic E-state index is 10.3. The molecule has 0 aromatic rings. The van der Waals surface area contributed by atoms with Crippen LogP contribution in [-0.2, 0) is 4.74 Å². The number of ether oxygens (including phenoxy) is 1. The largest absolute Gasteiger partial charge is 0.396 e. The molecule has 8 N–H and O–H groups in total. The van der Waals surface area contributed by atoms with Crippen LogP contribution in [0.15, 0.2) is 0 Å². The van der Waals surface area contributed by atoms with Crippen LogP contribution in [0.1, 0.15) is 13.3 Å². The van der Waals surface area contributed by atoms with Crippen LogP contribution in [0.5, 0.6) is 0 Å². The van der Waals surface area contributed by atoms with Crippen molar-refractivity contribution in [2.45, 2.75) is 68.2 Å². The first kappa shape index (κ1) is 19.0. The quantitative estimate of drug-likeness (QED) is 0.255. The fourth-order valence-electron chi connectivity index (χ4n) is 3.52. The molecular weight excluding hydrogens is 310 g/mol. The maximum atomic E-state index is 10.3. The van der Waals surface area contributed by atoms with E-state index in [1.165, 1.54) is 0 Å². The van der Waals surface area contributed by atoms with Crippen LogP contribution in [0, 0.1) is 5.92 Å². The van der Waals surface area contributed by atoms with Crippen LogP contribution in [-0.4, -0.2) is 104 Å². The van der Waals surface area contributed by atoms with Crippen LogP contribution in [0.4, 0.5) is 0 Å². The highest BCUT2D eigenvalue weighted by Gasteiger charge is 2.50. The van der Waals surface area contributed by atoms with Crippen LogP contribution >= 0.6 is 0 Å². The van der Waals surface area contributed by atoms with Crippen molar-refractivity contribution >= 4 is 0 Å². The third kappa shape index (κ3) is 3.68. The molecule has 2 aliphatic rings. The van der Waals surface area contributed by atoms with Crippen molar-refractivity contribution in [2.75, 3.05) is 13.2 Å². The lowest BCUT2D eigenvalue weighted by atomic mass is 9.76. The zero-order valence-corrected chi connectivity index (χ0v) is 12.9. The van der Waals surface area contributed by atoms with E-state index in [1.54, 1.807) is 6.92 Å². The Morgan fingerprint density at radius 1 is 0.870 bits per heavy atom. The molecule has 1 saturated carbocycles. The molecule has 10 unspecified atom stereocenters. The highest BCUT2D eigenvalue weighted by Crippen LogP contribution is 2.28. The highest BCUT2D eigenvalue weighted by molar-refractivity contribution is 5.04. The third-order valence-electron chi connectivity index (χ3n) is 4.88. The summed E-state index contributed by atoms with van der Waals surface area (Å²) in [5.74, 6) is -1.04. The van der Waals surface area contributed by atoms with Gasteiger partial charge in [0.25, 0.3) is 0 Å². The van der Waals surface area contributed by atoms with E-state index in [-0.39, 0.29) is 12.7 Å². The van der Waals surface area contributed by atoms with Crippen molar-refractivity contribution in [3.63, 3.8) is 0 Å². The van der Waals surface area contributed by atoms with E-state index in [1.807, 2.05) is 0 Å². The Morgan fingerprint density at radius 3 is 2.09 bits per heavy atom. The fraction of sp³-hybridized carbons (Fsp3) is 1.00. The first-order chi connectivity index (χ1) is 10.8. The van der Waals surface area contributed by atoms with Gasteiger partial charge in [-0.05, 0) is 6.92 Å². The van der Waals surface area contributed by atoms with Crippen molar-refractivity contribution < 1.29 is 40.5 Å². The molecule has 136 valence electrons. The zero-order valence-electron chi connectivity index (χ0n) is 12.9. The molecule has 0 amide bonds. The van der Waals surface area contributed by atoms with Gasteiger partial charge in [0.05, 0.1) is 55.8 Å². The van der Waals surface area contributed by atoms with Crippen molar-refractivity contribution in [3.8, 4) is 0 Å². The maximum Gasteiger partial charge on any atom is 0.108 e. The molecular formula is C14H27NO8.